The molecule has 0 atom stereocenters. The molecule has 2 N–H and O–H groups in total. The van der Waals surface area contributed by atoms with Gasteiger partial charge in [0.1, 0.15) is 0 Å². The molecule has 0 rings (SSSR count). The standard InChI is InChI=1S/C19H37NO2/c1-2-3-4-5-6-7-8-9-10-11-12-13-14-15-16-17-18-22-19(20)21/h12-13H,2-11,14-18H2,1H3,(H2,20,21). The van der Waals surface area contributed by atoms with E-state index < -0.39 is 6.09 Å². The molecule has 0 aromatic heterocycles. The SMILES string of the molecule is CCCCCCCCCCCC=CCCCCCOC(N)=O. The van der Waals surface area contributed by atoms with Crippen molar-refractivity contribution in [2.45, 2.75) is 96.8 Å². The number of rotatable bonds is 16. The first-order valence-corrected chi connectivity index (χ1v) is 9.34. The summed E-state index contributed by atoms with van der Waals surface area (Å²) in [5.41, 5.74) is 4.89. The molecule has 0 aliphatic rings. The highest BCUT2D eigenvalue weighted by molar-refractivity contribution is 5.64. The number of amides is 1. The Bertz CT molecular complexity index is 264. The third-order valence-electron chi connectivity index (χ3n) is 3.90. The van der Waals surface area contributed by atoms with E-state index in [-0.39, 0.29) is 0 Å². The van der Waals surface area contributed by atoms with Crippen molar-refractivity contribution in [3.63, 3.8) is 0 Å². The fourth-order valence-electron chi connectivity index (χ4n) is 2.52. The number of unbranched alkanes of at least 4 members (excludes halogenated alkanes) is 12. The van der Waals surface area contributed by atoms with Crippen LogP contribution in [0.5, 0.6) is 0 Å². The Morgan fingerprint density at radius 1 is 0.773 bits per heavy atom. The van der Waals surface area contributed by atoms with Gasteiger partial charge in [-0.3, -0.25) is 0 Å². The second-order valence-corrected chi connectivity index (χ2v) is 6.11. The van der Waals surface area contributed by atoms with Crippen molar-refractivity contribution in [3.8, 4) is 0 Å². The first-order valence-electron chi connectivity index (χ1n) is 9.34. The molecule has 3 nitrogen and oxygen atoms in total. The number of ether oxygens (including phenoxy) is 1. The number of hydrogen-bond donors (Lipinski definition) is 1. The lowest BCUT2D eigenvalue weighted by Crippen LogP contribution is -2.13. The van der Waals surface area contributed by atoms with Crippen LogP contribution >= 0.6 is 0 Å². The second kappa shape index (κ2) is 18.1. The Morgan fingerprint density at radius 3 is 1.73 bits per heavy atom. The minimum Gasteiger partial charge on any atom is -0.450 e. The topological polar surface area (TPSA) is 52.3 Å². The van der Waals surface area contributed by atoms with Crippen molar-refractivity contribution in [1.29, 1.82) is 0 Å². The molecule has 0 aliphatic heterocycles. The van der Waals surface area contributed by atoms with Gasteiger partial charge in [-0.05, 0) is 38.5 Å². The monoisotopic (exact) mass is 311 g/mol. The number of carbonyl (C=O) groups is 1. The Morgan fingerprint density at radius 2 is 1.23 bits per heavy atom. The first-order chi connectivity index (χ1) is 10.8. The van der Waals surface area contributed by atoms with Crippen molar-refractivity contribution in [3.05, 3.63) is 12.2 Å². The maximum absolute atomic E-state index is 10.3. The third-order valence-corrected chi connectivity index (χ3v) is 3.90. The van der Waals surface area contributed by atoms with E-state index in [1.165, 1.54) is 64.2 Å². The van der Waals surface area contributed by atoms with Gasteiger partial charge < -0.3 is 10.5 Å². The van der Waals surface area contributed by atoms with Gasteiger partial charge >= 0.3 is 6.09 Å². The van der Waals surface area contributed by atoms with Gasteiger partial charge in [0.2, 0.25) is 0 Å². The molecule has 3 heteroatoms. The number of allylic oxidation sites excluding steroid dienone is 2. The Hall–Kier alpha value is -0.990. The summed E-state index contributed by atoms with van der Waals surface area (Å²) in [6, 6.07) is 0. The Kier molecular flexibility index (Phi) is 17.2. The van der Waals surface area contributed by atoms with Crippen LogP contribution in [-0.4, -0.2) is 12.7 Å². The van der Waals surface area contributed by atoms with Crippen LogP contribution in [0.25, 0.3) is 0 Å². The van der Waals surface area contributed by atoms with Gasteiger partial charge in [-0.1, -0.05) is 70.4 Å². The fourth-order valence-corrected chi connectivity index (χ4v) is 2.52. The van der Waals surface area contributed by atoms with E-state index in [0.717, 1.165) is 25.7 Å². The quantitative estimate of drug-likeness (QED) is 0.276. The van der Waals surface area contributed by atoms with E-state index in [1.54, 1.807) is 0 Å². The zero-order chi connectivity index (χ0) is 16.3. The van der Waals surface area contributed by atoms with Crippen molar-refractivity contribution in [2.75, 3.05) is 6.61 Å². The molecule has 130 valence electrons. The normalized spacial score (nSPS) is 11.1. The summed E-state index contributed by atoms with van der Waals surface area (Å²) in [6.45, 7) is 2.73. The van der Waals surface area contributed by atoms with E-state index >= 15 is 0 Å². The second-order valence-electron chi connectivity index (χ2n) is 6.11. The molecule has 0 spiro atoms. The van der Waals surface area contributed by atoms with Gasteiger partial charge in [-0.2, -0.15) is 0 Å². The van der Waals surface area contributed by atoms with Crippen LogP contribution in [0.15, 0.2) is 12.2 Å². The van der Waals surface area contributed by atoms with E-state index in [4.69, 9.17) is 5.73 Å². The number of nitrogens with two attached hydrogens (primary N) is 1. The molecule has 0 aromatic rings. The minimum atomic E-state index is -0.666. The van der Waals surface area contributed by atoms with E-state index in [1.807, 2.05) is 0 Å². The van der Waals surface area contributed by atoms with Gasteiger partial charge in [-0.25, -0.2) is 4.79 Å². The van der Waals surface area contributed by atoms with Crippen molar-refractivity contribution < 1.29 is 9.53 Å². The number of hydrogen-bond acceptors (Lipinski definition) is 2. The molecule has 22 heavy (non-hydrogen) atoms. The van der Waals surface area contributed by atoms with Crippen molar-refractivity contribution >= 4 is 6.09 Å². The van der Waals surface area contributed by atoms with Gasteiger partial charge in [-0.15, -0.1) is 0 Å². The summed E-state index contributed by atoms with van der Waals surface area (Å²) in [6.07, 6.45) is 22.0. The van der Waals surface area contributed by atoms with Gasteiger partial charge in [0.15, 0.2) is 0 Å². The predicted octanol–water partition coefficient (Wildman–Crippen LogP) is 6.12. The predicted molar refractivity (Wildman–Crippen MR) is 95.0 cm³/mol. The lowest BCUT2D eigenvalue weighted by molar-refractivity contribution is 0.154. The maximum Gasteiger partial charge on any atom is 0.404 e. The highest BCUT2D eigenvalue weighted by atomic mass is 16.5. The molecule has 0 fully saturated rings. The average Bonchev–Trinajstić information content (AvgIpc) is 2.50. The molecule has 0 aromatic carbocycles. The van der Waals surface area contributed by atoms with Crippen molar-refractivity contribution in [2.24, 2.45) is 5.73 Å². The lowest BCUT2D eigenvalue weighted by atomic mass is 10.1. The highest BCUT2D eigenvalue weighted by Crippen LogP contribution is 2.11. The number of carbonyl (C=O) groups excluding carboxylic acids is 1. The van der Waals surface area contributed by atoms with Crippen LogP contribution in [0, 0.1) is 0 Å². The molecule has 0 saturated heterocycles. The van der Waals surface area contributed by atoms with E-state index in [0.29, 0.717) is 6.61 Å². The molecular weight excluding hydrogens is 274 g/mol. The van der Waals surface area contributed by atoms with Crippen LogP contribution in [0.2, 0.25) is 0 Å². The van der Waals surface area contributed by atoms with E-state index in [2.05, 4.69) is 23.8 Å². The van der Waals surface area contributed by atoms with Gasteiger partial charge in [0.25, 0.3) is 0 Å². The summed E-state index contributed by atoms with van der Waals surface area (Å²) in [5.74, 6) is 0. The summed E-state index contributed by atoms with van der Waals surface area (Å²) < 4.78 is 4.68. The minimum absolute atomic E-state index is 0.456. The molecular formula is C19H37NO2. The third kappa shape index (κ3) is 19.0. The molecule has 0 saturated carbocycles. The largest absolute Gasteiger partial charge is 0.450 e. The van der Waals surface area contributed by atoms with Crippen LogP contribution in [0.1, 0.15) is 96.8 Å². The summed E-state index contributed by atoms with van der Waals surface area (Å²) in [5, 5.41) is 0. The van der Waals surface area contributed by atoms with Crippen LogP contribution < -0.4 is 5.73 Å². The zero-order valence-electron chi connectivity index (χ0n) is 14.7. The summed E-state index contributed by atoms with van der Waals surface area (Å²) >= 11 is 0. The average molecular weight is 312 g/mol. The van der Waals surface area contributed by atoms with Crippen LogP contribution in [0.3, 0.4) is 0 Å². The first kappa shape index (κ1) is 21.0. The molecule has 0 aliphatic carbocycles. The lowest BCUT2D eigenvalue weighted by Gasteiger charge is -2.01. The number of primary amides is 1. The smallest absolute Gasteiger partial charge is 0.404 e. The van der Waals surface area contributed by atoms with Gasteiger partial charge in [0, 0.05) is 0 Å². The fraction of sp³-hybridized carbons (Fsp3) is 0.842. The molecule has 0 bridgehead atoms. The highest BCUT2D eigenvalue weighted by Gasteiger charge is 1.93. The molecule has 0 radical (unpaired) electrons. The molecule has 1 amide bonds. The molecule has 0 unspecified atom stereocenters. The van der Waals surface area contributed by atoms with Gasteiger partial charge in [0.05, 0.1) is 6.61 Å². The van der Waals surface area contributed by atoms with Crippen LogP contribution in [0.4, 0.5) is 4.79 Å². The van der Waals surface area contributed by atoms with Crippen molar-refractivity contribution in [1.82, 2.24) is 0 Å². The maximum atomic E-state index is 10.3. The van der Waals surface area contributed by atoms with Crippen LogP contribution in [-0.2, 0) is 4.74 Å². The summed E-state index contributed by atoms with van der Waals surface area (Å²) in [4.78, 5) is 10.3. The molecule has 0 heterocycles. The Balaban J connectivity index is 3.07. The zero-order valence-corrected chi connectivity index (χ0v) is 14.7. The summed E-state index contributed by atoms with van der Waals surface area (Å²) in [7, 11) is 0. The van der Waals surface area contributed by atoms with E-state index in [9.17, 15) is 4.79 Å². The Labute approximate surface area is 137 Å².